The first kappa shape index (κ1) is 14.3. The zero-order valence-electron chi connectivity index (χ0n) is 12.7. The average Bonchev–Trinajstić information content (AvgIpc) is 2.48. The largest absolute Gasteiger partial charge is 0.498 e. The minimum atomic E-state index is -0.368. The lowest BCUT2D eigenvalue weighted by molar-refractivity contribution is 0.00578. The van der Waals surface area contributed by atoms with Gasteiger partial charge in [0.2, 0.25) is 0 Å². The third kappa shape index (κ3) is 2.62. The van der Waals surface area contributed by atoms with E-state index in [0.29, 0.717) is 0 Å². The molecule has 0 atom stereocenters. The predicted octanol–water partition coefficient (Wildman–Crippen LogP) is 2.12. The summed E-state index contributed by atoms with van der Waals surface area (Å²) in [6, 6.07) is 4.02. The highest BCUT2D eigenvalue weighted by molar-refractivity contribution is 6.63. The molecule has 1 saturated heterocycles. The van der Waals surface area contributed by atoms with E-state index in [-0.39, 0.29) is 18.3 Å². The summed E-state index contributed by atoms with van der Waals surface area (Å²) in [4.78, 5) is 4.53. The van der Waals surface area contributed by atoms with E-state index in [2.05, 4.69) is 44.9 Å². The molecule has 1 N–H and O–H groups in total. The average molecular weight is 262 g/mol. The van der Waals surface area contributed by atoms with Gasteiger partial charge in [-0.1, -0.05) is 6.07 Å². The highest BCUT2D eigenvalue weighted by Gasteiger charge is 2.52. The molecule has 0 bridgehead atoms. The third-order valence-electron chi connectivity index (χ3n) is 3.92. The third-order valence-corrected chi connectivity index (χ3v) is 3.92. The summed E-state index contributed by atoms with van der Waals surface area (Å²) in [7, 11) is -0.368. The molecule has 1 fully saturated rings. The van der Waals surface area contributed by atoms with Crippen LogP contribution in [0.1, 0.15) is 40.3 Å². The van der Waals surface area contributed by atoms with Gasteiger partial charge in [0.1, 0.15) is 5.82 Å². The van der Waals surface area contributed by atoms with Crippen LogP contribution in [0.15, 0.2) is 12.1 Å². The molecular formula is C14H23BN2O2. The van der Waals surface area contributed by atoms with Crippen LogP contribution < -0.4 is 10.8 Å². The van der Waals surface area contributed by atoms with Crippen LogP contribution in [0.2, 0.25) is 0 Å². The molecule has 1 aromatic heterocycles. The molecule has 1 aliphatic rings. The second kappa shape index (κ2) is 4.80. The Bertz CT molecular complexity index is 459. The van der Waals surface area contributed by atoms with Gasteiger partial charge in [0.15, 0.2) is 0 Å². The number of rotatable bonds is 3. The number of aryl methyl sites for hydroxylation is 1. The maximum absolute atomic E-state index is 6.07. The van der Waals surface area contributed by atoms with Crippen molar-refractivity contribution in [1.82, 2.24) is 4.98 Å². The highest BCUT2D eigenvalue weighted by Crippen LogP contribution is 2.36. The van der Waals surface area contributed by atoms with Crippen molar-refractivity contribution < 1.29 is 9.31 Å². The Morgan fingerprint density at radius 2 is 1.74 bits per heavy atom. The molecule has 0 aromatic carbocycles. The topological polar surface area (TPSA) is 43.4 Å². The fourth-order valence-corrected chi connectivity index (χ4v) is 2.04. The van der Waals surface area contributed by atoms with Crippen molar-refractivity contribution in [1.29, 1.82) is 0 Å². The van der Waals surface area contributed by atoms with E-state index < -0.39 is 0 Å². The van der Waals surface area contributed by atoms with E-state index in [1.165, 1.54) is 0 Å². The molecular weight excluding hydrogens is 239 g/mol. The fourth-order valence-electron chi connectivity index (χ4n) is 2.04. The first-order valence-electron chi connectivity index (χ1n) is 6.84. The smallest absolute Gasteiger partial charge is 0.399 e. The van der Waals surface area contributed by atoms with E-state index >= 15 is 0 Å². The van der Waals surface area contributed by atoms with Crippen molar-refractivity contribution >= 4 is 18.4 Å². The van der Waals surface area contributed by atoms with Gasteiger partial charge in [0.25, 0.3) is 0 Å². The van der Waals surface area contributed by atoms with Crippen LogP contribution in [-0.4, -0.2) is 29.8 Å². The van der Waals surface area contributed by atoms with Gasteiger partial charge in [0.05, 0.1) is 11.2 Å². The van der Waals surface area contributed by atoms with E-state index in [9.17, 15) is 0 Å². The van der Waals surface area contributed by atoms with Gasteiger partial charge in [-0.05, 0) is 47.6 Å². The molecule has 2 rings (SSSR count). The van der Waals surface area contributed by atoms with Gasteiger partial charge in [-0.25, -0.2) is 4.98 Å². The quantitative estimate of drug-likeness (QED) is 0.847. The molecule has 5 heteroatoms. The Balaban J connectivity index is 2.34. The van der Waals surface area contributed by atoms with Crippen LogP contribution in [-0.2, 0) is 9.31 Å². The second-order valence-electron chi connectivity index (χ2n) is 6.01. The molecule has 4 nitrogen and oxygen atoms in total. The Hall–Kier alpha value is -1.07. The van der Waals surface area contributed by atoms with Crippen LogP contribution in [0, 0.1) is 6.92 Å². The van der Waals surface area contributed by atoms with Gasteiger partial charge in [-0.2, -0.15) is 0 Å². The summed E-state index contributed by atoms with van der Waals surface area (Å²) in [5, 5.41) is 3.28. The normalized spacial score (nSPS) is 20.6. The first-order chi connectivity index (χ1) is 8.77. The van der Waals surface area contributed by atoms with Crippen molar-refractivity contribution in [3.05, 3.63) is 17.8 Å². The first-order valence-corrected chi connectivity index (χ1v) is 6.84. The summed E-state index contributed by atoms with van der Waals surface area (Å²) >= 11 is 0. The molecule has 2 heterocycles. The van der Waals surface area contributed by atoms with Gasteiger partial charge in [-0.15, -0.1) is 0 Å². The summed E-state index contributed by atoms with van der Waals surface area (Å²) in [6.07, 6.45) is 0. The Morgan fingerprint density at radius 3 is 2.26 bits per heavy atom. The number of pyridine rings is 1. The molecule has 1 aliphatic heterocycles. The molecule has 1 aromatic rings. The molecule has 0 aliphatic carbocycles. The van der Waals surface area contributed by atoms with Crippen LogP contribution in [0.3, 0.4) is 0 Å². The molecule has 104 valence electrons. The lowest BCUT2D eigenvalue weighted by Crippen LogP contribution is -2.41. The van der Waals surface area contributed by atoms with Crippen molar-refractivity contribution in [3.8, 4) is 0 Å². The number of hydrogen-bond donors (Lipinski definition) is 1. The number of hydrogen-bond acceptors (Lipinski definition) is 4. The van der Waals surface area contributed by atoms with Gasteiger partial charge in [-0.3, -0.25) is 0 Å². The van der Waals surface area contributed by atoms with E-state index in [4.69, 9.17) is 9.31 Å². The number of aromatic nitrogens is 1. The number of anilines is 1. The van der Waals surface area contributed by atoms with Crippen LogP contribution in [0.5, 0.6) is 0 Å². The van der Waals surface area contributed by atoms with E-state index in [1.54, 1.807) is 0 Å². The van der Waals surface area contributed by atoms with Crippen LogP contribution >= 0.6 is 0 Å². The lowest BCUT2D eigenvalue weighted by atomic mass is 9.79. The van der Waals surface area contributed by atoms with Crippen LogP contribution in [0.25, 0.3) is 0 Å². The van der Waals surface area contributed by atoms with Crippen molar-refractivity contribution in [3.63, 3.8) is 0 Å². The minimum absolute atomic E-state index is 0.327. The molecule has 0 amide bonds. The maximum Gasteiger partial charge on any atom is 0.498 e. The lowest BCUT2D eigenvalue weighted by Gasteiger charge is -2.32. The molecule has 19 heavy (non-hydrogen) atoms. The van der Waals surface area contributed by atoms with Crippen LogP contribution in [0.4, 0.5) is 5.82 Å². The van der Waals surface area contributed by atoms with Crippen molar-refractivity contribution in [2.75, 3.05) is 11.9 Å². The molecule has 0 spiro atoms. The monoisotopic (exact) mass is 262 g/mol. The number of nitrogens with one attached hydrogen (secondary N) is 1. The van der Waals surface area contributed by atoms with Crippen molar-refractivity contribution in [2.45, 2.75) is 52.7 Å². The Kier molecular flexibility index (Phi) is 3.62. The SMILES string of the molecule is CCNc1nc(C)ccc1B1OC(C)(C)C(C)(C)O1. The minimum Gasteiger partial charge on any atom is -0.399 e. The molecule has 0 saturated carbocycles. The summed E-state index contributed by atoms with van der Waals surface area (Å²) in [5.74, 6) is 0.848. The van der Waals surface area contributed by atoms with E-state index in [1.807, 2.05) is 19.1 Å². The van der Waals surface area contributed by atoms with Gasteiger partial charge < -0.3 is 14.6 Å². The summed E-state index contributed by atoms with van der Waals surface area (Å²) in [6.45, 7) is 13.1. The fraction of sp³-hybridized carbons (Fsp3) is 0.643. The van der Waals surface area contributed by atoms with Gasteiger partial charge in [0, 0.05) is 17.7 Å². The zero-order valence-corrected chi connectivity index (χ0v) is 12.7. The molecule has 0 unspecified atom stereocenters. The van der Waals surface area contributed by atoms with Gasteiger partial charge >= 0.3 is 7.12 Å². The van der Waals surface area contributed by atoms with E-state index in [0.717, 1.165) is 23.5 Å². The second-order valence-corrected chi connectivity index (χ2v) is 6.01. The highest BCUT2D eigenvalue weighted by atomic mass is 16.7. The Labute approximate surface area is 116 Å². The maximum atomic E-state index is 6.07. The Morgan fingerprint density at radius 1 is 1.16 bits per heavy atom. The zero-order chi connectivity index (χ0) is 14.3. The van der Waals surface area contributed by atoms with Crippen molar-refractivity contribution in [2.24, 2.45) is 0 Å². The predicted molar refractivity (Wildman–Crippen MR) is 78.9 cm³/mol. The number of nitrogens with zero attached hydrogens (tertiary/aromatic N) is 1. The standard InChI is InChI=1S/C14H23BN2O2/c1-7-16-12-11(9-8-10(2)17-12)15-18-13(3,4)14(5,6)19-15/h8-9H,7H2,1-6H3,(H,16,17). The summed E-state index contributed by atoms with van der Waals surface area (Å²) in [5.41, 5.74) is 1.29. The molecule has 0 radical (unpaired) electrons. The summed E-state index contributed by atoms with van der Waals surface area (Å²) < 4.78 is 12.1.